The van der Waals surface area contributed by atoms with Crippen molar-refractivity contribution in [1.29, 1.82) is 0 Å². The maximum absolute atomic E-state index is 12.9. The van der Waals surface area contributed by atoms with Crippen molar-refractivity contribution in [2.75, 3.05) is 43.4 Å². The number of nitrogen functional groups attached to an aromatic ring is 1. The molecule has 0 unspecified atom stereocenters. The monoisotopic (exact) mass is 289 g/mol. The van der Waals surface area contributed by atoms with Crippen molar-refractivity contribution < 1.29 is 4.39 Å². The fourth-order valence-electron chi connectivity index (χ4n) is 2.63. The number of hydrogen-bond acceptors (Lipinski definition) is 4. The highest BCUT2D eigenvalue weighted by Crippen LogP contribution is 2.16. The van der Waals surface area contributed by atoms with Crippen LogP contribution in [0.15, 0.2) is 36.5 Å². The second-order valence-corrected chi connectivity index (χ2v) is 5.31. The van der Waals surface area contributed by atoms with Gasteiger partial charge in [-0.2, -0.15) is 5.10 Å². The number of halogens is 1. The predicted molar refractivity (Wildman–Crippen MR) is 81.7 cm³/mol. The lowest BCUT2D eigenvalue weighted by Crippen LogP contribution is -2.47. The van der Waals surface area contributed by atoms with E-state index < -0.39 is 0 Å². The lowest BCUT2D eigenvalue weighted by molar-refractivity contribution is 0.244. The molecule has 0 atom stereocenters. The van der Waals surface area contributed by atoms with Gasteiger partial charge in [0.2, 0.25) is 0 Å². The summed E-state index contributed by atoms with van der Waals surface area (Å²) in [6.07, 6.45) is 1.91. The molecule has 0 amide bonds. The Morgan fingerprint density at radius 1 is 1.00 bits per heavy atom. The number of aromatic nitrogens is 2. The van der Waals surface area contributed by atoms with Gasteiger partial charge in [-0.05, 0) is 30.3 Å². The number of hydrogen-bond donors (Lipinski definition) is 1. The third-order valence-electron chi connectivity index (χ3n) is 3.87. The molecule has 112 valence electrons. The van der Waals surface area contributed by atoms with E-state index in [1.165, 1.54) is 12.1 Å². The van der Waals surface area contributed by atoms with Gasteiger partial charge >= 0.3 is 0 Å². The van der Waals surface area contributed by atoms with Crippen LogP contribution in [0.4, 0.5) is 15.9 Å². The first-order valence-electron chi connectivity index (χ1n) is 7.22. The normalized spacial score (nSPS) is 16.3. The zero-order valence-corrected chi connectivity index (χ0v) is 12.0. The topological polar surface area (TPSA) is 50.3 Å². The van der Waals surface area contributed by atoms with E-state index in [2.05, 4.69) is 14.9 Å². The zero-order valence-electron chi connectivity index (χ0n) is 12.0. The maximum Gasteiger partial charge on any atom is 0.145 e. The van der Waals surface area contributed by atoms with Gasteiger partial charge in [-0.1, -0.05) is 0 Å². The largest absolute Gasteiger partial charge is 0.382 e. The Labute approximate surface area is 123 Å². The summed E-state index contributed by atoms with van der Waals surface area (Å²) >= 11 is 0. The molecule has 1 aromatic heterocycles. The van der Waals surface area contributed by atoms with Gasteiger partial charge in [0.15, 0.2) is 0 Å². The summed E-state index contributed by atoms with van der Waals surface area (Å²) in [6, 6.07) is 8.54. The van der Waals surface area contributed by atoms with Crippen LogP contribution in [0.1, 0.15) is 0 Å². The lowest BCUT2D eigenvalue weighted by Gasteiger charge is -2.36. The van der Waals surface area contributed by atoms with Crippen molar-refractivity contribution in [3.05, 3.63) is 42.3 Å². The smallest absolute Gasteiger partial charge is 0.145 e. The standard InChI is InChI=1S/C15H20FN5/c16-13-1-3-14(4-2-13)20-10-7-19(8-11-20)9-12-21-6-5-15(17)18-21/h1-6H,7-12H2,(H2,17,18). The second kappa shape index (κ2) is 6.13. The number of benzene rings is 1. The van der Waals surface area contributed by atoms with Crippen molar-refractivity contribution in [3.63, 3.8) is 0 Å². The minimum absolute atomic E-state index is 0.184. The van der Waals surface area contributed by atoms with E-state index in [0.29, 0.717) is 5.82 Å². The van der Waals surface area contributed by atoms with Crippen LogP contribution < -0.4 is 10.6 Å². The molecule has 0 bridgehead atoms. The number of nitrogens with two attached hydrogens (primary N) is 1. The van der Waals surface area contributed by atoms with E-state index in [9.17, 15) is 4.39 Å². The Balaban J connectivity index is 1.47. The lowest BCUT2D eigenvalue weighted by atomic mass is 10.2. The molecule has 2 aromatic rings. The molecule has 3 rings (SSSR count). The maximum atomic E-state index is 12.9. The van der Waals surface area contributed by atoms with Crippen LogP contribution in [0.3, 0.4) is 0 Å². The second-order valence-electron chi connectivity index (χ2n) is 5.31. The van der Waals surface area contributed by atoms with Gasteiger partial charge in [-0.3, -0.25) is 9.58 Å². The molecule has 1 aliphatic heterocycles. The predicted octanol–water partition coefficient (Wildman–Crippen LogP) is 1.43. The molecule has 0 spiro atoms. The number of nitrogens with zero attached hydrogens (tertiary/aromatic N) is 4. The first-order chi connectivity index (χ1) is 10.2. The molecule has 21 heavy (non-hydrogen) atoms. The molecule has 1 aromatic carbocycles. The van der Waals surface area contributed by atoms with Gasteiger partial charge in [-0.15, -0.1) is 0 Å². The summed E-state index contributed by atoms with van der Waals surface area (Å²) in [4.78, 5) is 4.71. The summed E-state index contributed by atoms with van der Waals surface area (Å²) in [6.45, 7) is 5.77. The van der Waals surface area contributed by atoms with Crippen LogP contribution in [0, 0.1) is 5.82 Å². The summed E-state index contributed by atoms with van der Waals surface area (Å²) in [5.41, 5.74) is 6.70. The van der Waals surface area contributed by atoms with Crippen LogP contribution in [-0.2, 0) is 6.54 Å². The molecule has 1 saturated heterocycles. The summed E-state index contributed by atoms with van der Waals surface area (Å²) in [5.74, 6) is 0.381. The SMILES string of the molecule is Nc1ccn(CCN2CCN(c3ccc(F)cc3)CC2)n1. The molecule has 6 heteroatoms. The van der Waals surface area contributed by atoms with E-state index in [1.807, 2.05) is 29.1 Å². The Kier molecular flexibility index (Phi) is 4.06. The summed E-state index contributed by atoms with van der Waals surface area (Å²) in [5, 5.41) is 4.19. The summed E-state index contributed by atoms with van der Waals surface area (Å²) in [7, 11) is 0. The number of rotatable bonds is 4. The first-order valence-corrected chi connectivity index (χ1v) is 7.22. The van der Waals surface area contributed by atoms with Gasteiger partial charge in [0.1, 0.15) is 11.6 Å². The summed E-state index contributed by atoms with van der Waals surface area (Å²) < 4.78 is 14.8. The molecule has 2 N–H and O–H groups in total. The van der Waals surface area contributed by atoms with Crippen molar-refractivity contribution >= 4 is 11.5 Å². The number of anilines is 2. The molecule has 2 heterocycles. The van der Waals surface area contributed by atoms with Crippen LogP contribution in [0.25, 0.3) is 0 Å². The average molecular weight is 289 g/mol. The van der Waals surface area contributed by atoms with Gasteiger partial charge < -0.3 is 10.6 Å². The highest BCUT2D eigenvalue weighted by atomic mass is 19.1. The van der Waals surface area contributed by atoms with E-state index in [1.54, 1.807) is 0 Å². The Hall–Kier alpha value is -2.08. The quantitative estimate of drug-likeness (QED) is 0.925. The number of piperazine rings is 1. The fourth-order valence-corrected chi connectivity index (χ4v) is 2.63. The molecule has 1 fully saturated rings. The minimum Gasteiger partial charge on any atom is -0.382 e. The third-order valence-corrected chi connectivity index (χ3v) is 3.87. The zero-order chi connectivity index (χ0) is 14.7. The Bertz CT molecular complexity index is 572. The third kappa shape index (κ3) is 3.52. The molecule has 1 aliphatic rings. The highest BCUT2D eigenvalue weighted by molar-refractivity contribution is 5.46. The van der Waals surface area contributed by atoms with Crippen LogP contribution in [0.2, 0.25) is 0 Å². The van der Waals surface area contributed by atoms with Crippen molar-refractivity contribution in [3.8, 4) is 0 Å². The molecule has 0 radical (unpaired) electrons. The Morgan fingerprint density at radius 3 is 2.33 bits per heavy atom. The fraction of sp³-hybridized carbons (Fsp3) is 0.400. The van der Waals surface area contributed by atoms with Gasteiger partial charge in [0, 0.05) is 44.6 Å². The highest BCUT2D eigenvalue weighted by Gasteiger charge is 2.17. The van der Waals surface area contributed by atoms with Gasteiger partial charge in [-0.25, -0.2) is 4.39 Å². The van der Waals surface area contributed by atoms with Crippen LogP contribution in [0.5, 0.6) is 0 Å². The van der Waals surface area contributed by atoms with Gasteiger partial charge in [0.05, 0.1) is 6.54 Å². The van der Waals surface area contributed by atoms with E-state index in [4.69, 9.17) is 5.73 Å². The molecule has 0 saturated carbocycles. The molecular weight excluding hydrogens is 269 g/mol. The van der Waals surface area contributed by atoms with Crippen molar-refractivity contribution in [2.45, 2.75) is 6.54 Å². The first kappa shape index (κ1) is 13.9. The van der Waals surface area contributed by atoms with Crippen LogP contribution in [-0.4, -0.2) is 47.4 Å². The molecule has 5 nitrogen and oxygen atoms in total. The van der Waals surface area contributed by atoms with Gasteiger partial charge in [0.25, 0.3) is 0 Å². The average Bonchev–Trinajstić information content (AvgIpc) is 2.92. The van der Waals surface area contributed by atoms with Crippen molar-refractivity contribution in [1.82, 2.24) is 14.7 Å². The van der Waals surface area contributed by atoms with E-state index in [0.717, 1.165) is 45.0 Å². The minimum atomic E-state index is -0.184. The Morgan fingerprint density at radius 2 is 1.71 bits per heavy atom. The molecule has 0 aliphatic carbocycles. The van der Waals surface area contributed by atoms with E-state index >= 15 is 0 Å². The molecular formula is C15H20FN5. The van der Waals surface area contributed by atoms with E-state index in [-0.39, 0.29) is 5.82 Å². The van der Waals surface area contributed by atoms with Crippen LogP contribution >= 0.6 is 0 Å². The van der Waals surface area contributed by atoms with Crippen molar-refractivity contribution in [2.24, 2.45) is 0 Å².